The van der Waals surface area contributed by atoms with Gasteiger partial charge in [0.05, 0.1) is 18.4 Å². The Morgan fingerprint density at radius 3 is 1.42 bits per heavy atom. The molecule has 15 N–H and O–H groups in total. The Morgan fingerprint density at radius 1 is 0.392 bits per heavy atom. The molecule has 74 heavy (non-hydrogen) atoms. The molecule has 7 aromatic carbocycles. The molecular formula is C54H44O20. The van der Waals surface area contributed by atoms with Crippen molar-refractivity contribution in [2.24, 2.45) is 0 Å². The van der Waals surface area contributed by atoms with E-state index in [0.29, 0.717) is 0 Å². The lowest BCUT2D eigenvalue weighted by atomic mass is 9.73. The summed E-state index contributed by atoms with van der Waals surface area (Å²) in [6.07, 6.45) is -10.1. The fourth-order valence-electron chi connectivity index (χ4n) is 10.8. The van der Waals surface area contributed by atoms with Crippen LogP contribution in [0.3, 0.4) is 0 Å². The highest BCUT2D eigenvalue weighted by atomic mass is 16.5. The normalized spacial score (nSPS) is 23.7. The molecule has 0 spiro atoms. The molecule has 4 aliphatic rings. The molecule has 7 aromatic rings. The van der Waals surface area contributed by atoms with Crippen LogP contribution >= 0.6 is 0 Å². The maximum Gasteiger partial charge on any atom is 0.312 e. The summed E-state index contributed by atoms with van der Waals surface area (Å²) in [5.74, 6) is -12.6. The molecule has 9 atom stereocenters. The zero-order valence-electron chi connectivity index (χ0n) is 38.1. The van der Waals surface area contributed by atoms with Crippen LogP contribution in [0.1, 0.15) is 98.1 Å². The van der Waals surface area contributed by atoms with Crippen LogP contribution in [0.15, 0.2) is 97.1 Å². The quantitative estimate of drug-likeness (QED) is 0.0525. The van der Waals surface area contributed by atoms with Gasteiger partial charge in [-0.3, -0.25) is 4.79 Å². The van der Waals surface area contributed by atoms with Crippen molar-refractivity contribution in [2.45, 2.75) is 67.2 Å². The van der Waals surface area contributed by atoms with E-state index in [-0.39, 0.29) is 85.9 Å². The lowest BCUT2D eigenvalue weighted by molar-refractivity contribution is -0.135. The highest BCUT2D eigenvalue weighted by Crippen LogP contribution is 2.62. The molecule has 0 aromatic heterocycles. The van der Waals surface area contributed by atoms with E-state index >= 15 is 0 Å². The largest absolute Gasteiger partial charge is 0.508 e. The molecule has 0 amide bonds. The number of rotatable bonds is 6. The number of benzene rings is 7. The summed E-state index contributed by atoms with van der Waals surface area (Å²) in [5, 5.41) is 168. The van der Waals surface area contributed by atoms with E-state index < -0.39 is 135 Å². The molecule has 20 heteroatoms. The second kappa shape index (κ2) is 17.3. The predicted molar refractivity (Wildman–Crippen MR) is 253 cm³/mol. The molecule has 0 fully saturated rings. The zero-order valence-corrected chi connectivity index (χ0v) is 38.1. The third-order valence-electron chi connectivity index (χ3n) is 14.3. The second-order valence-corrected chi connectivity index (χ2v) is 18.6. The molecule has 4 aliphatic heterocycles. The highest BCUT2D eigenvalue weighted by Gasteiger charge is 2.51. The van der Waals surface area contributed by atoms with Gasteiger partial charge in [-0.15, -0.1) is 0 Å². The molecule has 0 radical (unpaired) electrons. The summed E-state index contributed by atoms with van der Waals surface area (Å²) in [4.78, 5) is 13.2. The van der Waals surface area contributed by atoms with Gasteiger partial charge in [-0.1, -0.05) is 30.3 Å². The van der Waals surface area contributed by atoms with Crippen molar-refractivity contribution in [3.63, 3.8) is 0 Å². The van der Waals surface area contributed by atoms with Crippen LogP contribution in [0.4, 0.5) is 0 Å². The molecule has 20 nitrogen and oxygen atoms in total. The van der Waals surface area contributed by atoms with E-state index in [1.54, 1.807) is 0 Å². The molecule has 380 valence electrons. The summed E-state index contributed by atoms with van der Waals surface area (Å²) in [6.45, 7) is 0. The SMILES string of the molecule is O=C1CC(c2ccc(O)c(O)c2)c2c(cc(O)c3c2OC(c2ccc(O)c(O)c2)C(O)C3c2ccc(O)c3c2OC(c2ccc(O)c(O)c2)C(O)C3c2c(O)cc3c(c2O)CC(O)C(c2ccc(O)c(O)c2)O3)O1. The number of carbonyl (C=O) groups is 1. The number of hydrogen-bond donors (Lipinski definition) is 15. The van der Waals surface area contributed by atoms with Crippen LogP contribution in [0.25, 0.3) is 0 Å². The van der Waals surface area contributed by atoms with Crippen LogP contribution in [0.5, 0.6) is 92.0 Å². The first-order chi connectivity index (χ1) is 35.3. The van der Waals surface area contributed by atoms with Gasteiger partial charge in [-0.25, -0.2) is 0 Å². The van der Waals surface area contributed by atoms with Crippen molar-refractivity contribution in [1.29, 1.82) is 0 Å². The number of hydrogen-bond acceptors (Lipinski definition) is 20. The van der Waals surface area contributed by atoms with Gasteiger partial charge in [-0.05, 0) is 76.9 Å². The van der Waals surface area contributed by atoms with Crippen LogP contribution in [-0.2, 0) is 11.2 Å². The first-order valence-corrected chi connectivity index (χ1v) is 22.9. The van der Waals surface area contributed by atoms with Gasteiger partial charge in [-0.2, -0.15) is 0 Å². The lowest BCUT2D eigenvalue weighted by Gasteiger charge is -2.43. The van der Waals surface area contributed by atoms with E-state index in [0.717, 1.165) is 36.4 Å². The summed E-state index contributed by atoms with van der Waals surface area (Å²) in [5.41, 5.74) is -0.231. The van der Waals surface area contributed by atoms with Crippen LogP contribution in [-0.4, -0.2) is 101 Å². The van der Waals surface area contributed by atoms with E-state index in [9.17, 15) is 81.4 Å². The molecule has 11 rings (SSSR count). The molecule has 9 unspecified atom stereocenters. The smallest absolute Gasteiger partial charge is 0.312 e. The molecule has 0 aliphatic carbocycles. The van der Waals surface area contributed by atoms with Gasteiger partial charge in [0.25, 0.3) is 0 Å². The summed E-state index contributed by atoms with van der Waals surface area (Å²) in [6, 6.07) is 19.5. The molecule has 0 saturated carbocycles. The standard InChI is InChI=1S/C54H44O20/c55-26-6-1-19(11-31(26)60)24-16-40(67)71-39-18-36(65)45-42(48(69)51(74-54(45)41(24)39)21-3-8-28(57)33(62)13-21)23-5-10-30(59)44-46(49(70)52(73-53(23)44)22-4-9-29(58)34(63)14-22)43-35(64)17-38-25(47(43)68)15-37(66)50(72-38)20-2-7-27(56)32(61)12-20/h1-14,17-18,24,37,42,46,48-52,55-66,68-70H,15-16H2. The maximum absolute atomic E-state index is 13.2. The average Bonchev–Trinajstić information content (AvgIpc) is 3.36. The Balaban J connectivity index is 1.14. The summed E-state index contributed by atoms with van der Waals surface area (Å²) in [7, 11) is 0. The molecule has 0 saturated heterocycles. The number of aliphatic hydroxyl groups is 3. The molecular weight excluding hydrogens is 969 g/mol. The maximum atomic E-state index is 13.2. The third kappa shape index (κ3) is 7.44. The Bertz CT molecular complexity index is 3480. The van der Waals surface area contributed by atoms with Gasteiger partial charge in [0.2, 0.25) is 0 Å². The number of fused-ring (bicyclic) bond motifs is 5. The van der Waals surface area contributed by atoms with Crippen molar-refractivity contribution in [2.75, 3.05) is 0 Å². The Labute approximate surface area is 417 Å². The summed E-state index contributed by atoms with van der Waals surface area (Å²) >= 11 is 0. The predicted octanol–water partition coefficient (Wildman–Crippen LogP) is 5.88. The molecule has 0 bridgehead atoms. The fraction of sp³-hybridized carbons (Fsp3) is 0.204. The van der Waals surface area contributed by atoms with E-state index in [1.807, 2.05) is 0 Å². The minimum atomic E-state index is -1.90. The zero-order chi connectivity index (χ0) is 52.3. The van der Waals surface area contributed by atoms with E-state index in [1.165, 1.54) is 60.7 Å². The highest BCUT2D eigenvalue weighted by molar-refractivity contribution is 5.81. The van der Waals surface area contributed by atoms with Gasteiger partial charge >= 0.3 is 5.97 Å². The van der Waals surface area contributed by atoms with Crippen LogP contribution < -0.4 is 18.9 Å². The van der Waals surface area contributed by atoms with Crippen molar-refractivity contribution in [1.82, 2.24) is 0 Å². The number of phenolic OH excluding ortho intramolecular Hbond substituents is 12. The Kier molecular flexibility index (Phi) is 11.0. The third-order valence-corrected chi connectivity index (χ3v) is 14.3. The molecule has 4 heterocycles. The monoisotopic (exact) mass is 1010 g/mol. The first-order valence-electron chi connectivity index (χ1n) is 22.9. The number of esters is 1. The fourth-order valence-corrected chi connectivity index (χ4v) is 10.8. The Hall–Kier alpha value is -9.11. The number of phenols is 12. The second-order valence-electron chi connectivity index (χ2n) is 18.6. The minimum Gasteiger partial charge on any atom is -0.508 e. The Morgan fingerprint density at radius 2 is 0.851 bits per heavy atom. The van der Waals surface area contributed by atoms with Crippen molar-refractivity contribution in [3.8, 4) is 92.0 Å². The van der Waals surface area contributed by atoms with Crippen LogP contribution in [0.2, 0.25) is 0 Å². The lowest BCUT2D eigenvalue weighted by Crippen LogP contribution is -2.39. The summed E-state index contributed by atoms with van der Waals surface area (Å²) < 4.78 is 25.0. The number of aromatic hydroxyl groups is 12. The average molecular weight is 1010 g/mol. The first kappa shape index (κ1) is 47.2. The topological polar surface area (TPSA) is 357 Å². The van der Waals surface area contributed by atoms with Gasteiger partial charge < -0.3 is 95.5 Å². The van der Waals surface area contributed by atoms with E-state index in [4.69, 9.17) is 18.9 Å². The van der Waals surface area contributed by atoms with Gasteiger partial charge in [0, 0.05) is 63.8 Å². The van der Waals surface area contributed by atoms with Gasteiger partial charge in [0.1, 0.15) is 64.3 Å². The van der Waals surface area contributed by atoms with Crippen molar-refractivity contribution in [3.05, 3.63) is 153 Å². The van der Waals surface area contributed by atoms with Crippen molar-refractivity contribution < 1.29 is 100 Å². The van der Waals surface area contributed by atoms with Gasteiger partial charge in [0.15, 0.2) is 58.2 Å². The number of aliphatic hydroxyl groups excluding tert-OH is 3. The number of ether oxygens (including phenoxy) is 4. The minimum absolute atomic E-state index is 0.0116. The van der Waals surface area contributed by atoms with E-state index in [2.05, 4.69) is 0 Å². The number of carbonyl (C=O) groups excluding carboxylic acids is 1. The van der Waals surface area contributed by atoms with Crippen LogP contribution in [0, 0.1) is 0 Å². The van der Waals surface area contributed by atoms with Crippen molar-refractivity contribution >= 4 is 5.97 Å².